The summed E-state index contributed by atoms with van der Waals surface area (Å²) < 4.78 is 0. The maximum atomic E-state index is 11.6. The lowest BCUT2D eigenvalue weighted by Gasteiger charge is -2.05. The molecule has 0 radical (unpaired) electrons. The Morgan fingerprint density at radius 3 is 3.13 bits per heavy atom. The molecule has 2 N–H and O–H groups in total. The summed E-state index contributed by atoms with van der Waals surface area (Å²) in [5.41, 5.74) is 1.34. The number of thiophene rings is 1. The van der Waals surface area contributed by atoms with Crippen molar-refractivity contribution >= 4 is 17.2 Å². The average Bonchev–Trinajstić information content (AvgIpc) is 2.72. The summed E-state index contributed by atoms with van der Waals surface area (Å²) in [5.74, 6) is -0.0599. The molecule has 3 nitrogen and oxygen atoms in total. The van der Waals surface area contributed by atoms with Crippen LogP contribution in [0.1, 0.15) is 33.5 Å². The van der Waals surface area contributed by atoms with E-state index < -0.39 is 6.10 Å². The van der Waals surface area contributed by atoms with Crippen molar-refractivity contribution in [3.05, 3.63) is 21.4 Å². The number of aryl methyl sites for hydroxylation is 2. The van der Waals surface area contributed by atoms with Crippen molar-refractivity contribution in [1.29, 1.82) is 0 Å². The summed E-state index contributed by atoms with van der Waals surface area (Å²) in [6.07, 6.45) is 2.96. The van der Waals surface area contributed by atoms with Gasteiger partial charge in [-0.3, -0.25) is 4.79 Å². The largest absolute Gasteiger partial charge is 0.392 e. The molecule has 82 valence electrons. The summed E-state index contributed by atoms with van der Waals surface area (Å²) in [5, 5.41) is 11.8. The second-order valence-electron chi connectivity index (χ2n) is 3.97. The Bertz CT molecular complexity index is 349. The summed E-state index contributed by atoms with van der Waals surface area (Å²) in [7, 11) is 0. The minimum absolute atomic E-state index is 0.0599. The van der Waals surface area contributed by atoms with Gasteiger partial charge in [-0.1, -0.05) is 0 Å². The van der Waals surface area contributed by atoms with Crippen molar-refractivity contribution in [2.75, 3.05) is 6.54 Å². The van der Waals surface area contributed by atoms with Gasteiger partial charge in [0.25, 0.3) is 5.91 Å². The van der Waals surface area contributed by atoms with Gasteiger partial charge in [-0.2, -0.15) is 0 Å². The van der Waals surface area contributed by atoms with Crippen molar-refractivity contribution in [2.24, 2.45) is 0 Å². The molecule has 1 heterocycles. The van der Waals surface area contributed by atoms with Crippen LogP contribution in [0, 0.1) is 0 Å². The van der Waals surface area contributed by atoms with Crippen LogP contribution >= 0.6 is 11.3 Å². The van der Waals surface area contributed by atoms with Crippen LogP contribution in [0.15, 0.2) is 6.07 Å². The molecule has 2 rings (SSSR count). The van der Waals surface area contributed by atoms with Crippen molar-refractivity contribution in [1.82, 2.24) is 5.32 Å². The molecule has 1 aliphatic rings. The van der Waals surface area contributed by atoms with E-state index in [2.05, 4.69) is 5.32 Å². The van der Waals surface area contributed by atoms with E-state index in [9.17, 15) is 4.79 Å². The molecule has 1 aliphatic carbocycles. The van der Waals surface area contributed by atoms with Gasteiger partial charge in [-0.05, 0) is 37.8 Å². The minimum Gasteiger partial charge on any atom is -0.392 e. The van der Waals surface area contributed by atoms with Gasteiger partial charge in [0.15, 0.2) is 0 Å². The zero-order valence-electron chi connectivity index (χ0n) is 8.75. The maximum Gasteiger partial charge on any atom is 0.261 e. The number of aliphatic hydroxyl groups is 1. The number of rotatable bonds is 3. The monoisotopic (exact) mass is 225 g/mol. The molecule has 1 aromatic rings. The Morgan fingerprint density at radius 2 is 2.47 bits per heavy atom. The molecule has 4 heteroatoms. The smallest absolute Gasteiger partial charge is 0.261 e. The van der Waals surface area contributed by atoms with Crippen LogP contribution in [0.5, 0.6) is 0 Å². The molecule has 15 heavy (non-hydrogen) atoms. The lowest BCUT2D eigenvalue weighted by molar-refractivity contribution is 0.0928. The molecule has 1 aromatic heterocycles. The van der Waals surface area contributed by atoms with E-state index in [0.29, 0.717) is 6.54 Å². The van der Waals surface area contributed by atoms with E-state index >= 15 is 0 Å². The van der Waals surface area contributed by atoms with Gasteiger partial charge in [0.1, 0.15) is 0 Å². The van der Waals surface area contributed by atoms with Crippen LogP contribution < -0.4 is 5.32 Å². The molecule has 0 unspecified atom stereocenters. The fourth-order valence-corrected chi connectivity index (χ4v) is 2.94. The van der Waals surface area contributed by atoms with Gasteiger partial charge in [-0.25, -0.2) is 0 Å². The number of aliphatic hydroxyl groups excluding tert-OH is 1. The zero-order valence-corrected chi connectivity index (χ0v) is 9.56. The predicted octanol–water partition coefficient (Wildman–Crippen LogP) is 1.35. The predicted molar refractivity (Wildman–Crippen MR) is 60.4 cm³/mol. The van der Waals surface area contributed by atoms with E-state index in [0.717, 1.165) is 17.7 Å². The third kappa shape index (κ3) is 2.38. The van der Waals surface area contributed by atoms with E-state index in [1.165, 1.54) is 16.9 Å². The van der Waals surface area contributed by atoms with Crippen molar-refractivity contribution in [3.8, 4) is 0 Å². The van der Waals surface area contributed by atoms with Crippen LogP contribution in [0.2, 0.25) is 0 Å². The molecular weight excluding hydrogens is 210 g/mol. The van der Waals surface area contributed by atoms with Gasteiger partial charge in [0, 0.05) is 11.4 Å². The summed E-state index contributed by atoms with van der Waals surface area (Å²) in [6.45, 7) is 1.98. The standard InChI is InChI=1S/C11H15NO2S/c1-7(13)6-12-11(14)10-5-8-3-2-4-9(8)15-10/h5,7,13H,2-4,6H2,1H3,(H,12,14)/t7-/m0/s1. The fraction of sp³-hybridized carbons (Fsp3) is 0.545. The third-order valence-corrected chi connectivity index (χ3v) is 3.76. The average molecular weight is 225 g/mol. The molecule has 0 saturated carbocycles. The second kappa shape index (κ2) is 4.33. The summed E-state index contributed by atoms with van der Waals surface area (Å²) >= 11 is 1.59. The first-order chi connectivity index (χ1) is 7.16. The topological polar surface area (TPSA) is 49.3 Å². The first-order valence-electron chi connectivity index (χ1n) is 5.24. The number of hydrogen-bond acceptors (Lipinski definition) is 3. The lowest BCUT2D eigenvalue weighted by Crippen LogP contribution is -2.29. The van der Waals surface area contributed by atoms with E-state index in [1.54, 1.807) is 18.3 Å². The first-order valence-corrected chi connectivity index (χ1v) is 6.06. The van der Waals surface area contributed by atoms with E-state index in [1.807, 2.05) is 6.07 Å². The molecule has 1 amide bonds. The SMILES string of the molecule is C[C@H](O)CNC(=O)c1cc2c(s1)CCC2. The second-order valence-corrected chi connectivity index (χ2v) is 5.11. The van der Waals surface area contributed by atoms with E-state index in [-0.39, 0.29) is 5.91 Å². The molecule has 0 fully saturated rings. The van der Waals surface area contributed by atoms with Gasteiger partial charge >= 0.3 is 0 Å². The molecule has 0 aliphatic heterocycles. The Hall–Kier alpha value is -0.870. The number of carbonyl (C=O) groups excluding carboxylic acids is 1. The molecule has 1 atom stereocenters. The lowest BCUT2D eigenvalue weighted by atomic mass is 10.2. The number of carbonyl (C=O) groups is 1. The highest BCUT2D eigenvalue weighted by molar-refractivity contribution is 7.14. The quantitative estimate of drug-likeness (QED) is 0.815. The Morgan fingerprint density at radius 1 is 1.67 bits per heavy atom. The maximum absolute atomic E-state index is 11.6. The van der Waals surface area contributed by atoms with Crippen LogP contribution in [-0.2, 0) is 12.8 Å². The van der Waals surface area contributed by atoms with Crippen LogP contribution in [-0.4, -0.2) is 23.7 Å². The number of amides is 1. The molecule has 0 spiro atoms. The molecule has 0 bridgehead atoms. The molecule has 0 aromatic carbocycles. The van der Waals surface area contributed by atoms with Crippen molar-refractivity contribution in [3.63, 3.8) is 0 Å². The van der Waals surface area contributed by atoms with Gasteiger partial charge in [0.05, 0.1) is 11.0 Å². The highest BCUT2D eigenvalue weighted by atomic mass is 32.1. The summed E-state index contributed by atoms with van der Waals surface area (Å²) in [6, 6.07) is 1.99. The van der Waals surface area contributed by atoms with Crippen LogP contribution in [0.3, 0.4) is 0 Å². The Labute approximate surface area is 93.1 Å². The number of fused-ring (bicyclic) bond motifs is 1. The normalized spacial score (nSPS) is 16.1. The molecular formula is C11H15NO2S. The minimum atomic E-state index is -0.485. The number of hydrogen-bond donors (Lipinski definition) is 2. The molecule has 0 saturated heterocycles. The van der Waals surface area contributed by atoms with Crippen LogP contribution in [0.25, 0.3) is 0 Å². The highest BCUT2D eigenvalue weighted by Gasteiger charge is 2.18. The van der Waals surface area contributed by atoms with Gasteiger partial charge < -0.3 is 10.4 Å². The summed E-state index contributed by atoms with van der Waals surface area (Å²) in [4.78, 5) is 13.8. The zero-order chi connectivity index (χ0) is 10.8. The van der Waals surface area contributed by atoms with Gasteiger partial charge in [-0.15, -0.1) is 11.3 Å². The first kappa shape index (κ1) is 10.6. The van der Waals surface area contributed by atoms with Crippen molar-refractivity contribution in [2.45, 2.75) is 32.3 Å². The fourth-order valence-electron chi connectivity index (χ4n) is 1.77. The Kier molecular flexibility index (Phi) is 3.07. The van der Waals surface area contributed by atoms with E-state index in [4.69, 9.17) is 5.11 Å². The number of nitrogens with one attached hydrogen (secondary N) is 1. The third-order valence-electron chi connectivity index (χ3n) is 2.53. The van der Waals surface area contributed by atoms with Gasteiger partial charge in [0.2, 0.25) is 0 Å². The Balaban J connectivity index is 2.00. The van der Waals surface area contributed by atoms with Crippen molar-refractivity contribution < 1.29 is 9.90 Å². The van der Waals surface area contributed by atoms with Crippen LogP contribution in [0.4, 0.5) is 0 Å². The highest BCUT2D eigenvalue weighted by Crippen LogP contribution is 2.30.